The van der Waals surface area contributed by atoms with Gasteiger partial charge in [-0.25, -0.2) is 0 Å². The molecule has 5 nitrogen and oxygen atoms in total. The number of hydrogen-bond acceptors (Lipinski definition) is 3. The molecule has 0 saturated heterocycles. The van der Waals surface area contributed by atoms with Gasteiger partial charge in [-0.05, 0) is 25.7 Å². The van der Waals surface area contributed by atoms with Gasteiger partial charge >= 0.3 is 5.97 Å². The Morgan fingerprint density at radius 2 is 1.88 bits per heavy atom. The molecular formula is C12H20N2O3. The van der Waals surface area contributed by atoms with Gasteiger partial charge in [0.1, 0.15) is 6.54 Å². The average Bonchev–Trinajstić information content (AvgIpc) is 2.98. The lowest BCUT2D eigenvalue weighted by Crippen LogP contribution is -2.45. The fourth-order valence-corrected chi connectivity index (χ4v) is 2.61. The van der Waals surface area contributed by atoms with E-state index in [1.54, 1.807) is 0 Å². The summed E-state index contributed by atoms with van der Waals surface area (Å²) in [5.41, 5.74) is 5.77. The van der Waals surface area contributed by atoms with Crippen LogP contribution >= 0.6 is 0 Å². The second-order valence-electron chi connectivity index (χ2n) is 5.39. The quantitative estimate of drug-likeness (QED) is 0.741. The third-order valence-electron chi connectivity index (χ3n) is 3.72. The second-order valence-corrected chi connectivity index (χ2v) is 5.39. The fourth-order valence-electron chi connectivity index (χ4n) is 2.61. The number of nitrogens with two attached hydrogens (primary N) is 1. The molecule has 0 aromatic heterocycles. The number of carboxylic acid groups (broad SMARTS) is 1. The van der Waals surface area contributed by atoms with Crippen LogP contribution in [0.5, 0.6) is 0 Å². The van der Waals surface area contributed by atoms with Crippen LogP contribution in [0.15, 0.2) is 0 Å². The van der Waals surface area contributed by atoms with Crippen LogP contribution in [-0.4, -0.2) is 40.0 Å². The van der Waals surface area contributed by atoms with Crippen molar-refractivity contribution < 1.29 is 14.7 Å². The number of carbonyl (C=O) groups excluding carboxylic acids is 1. The van der Waals surface area contributed by atoms with Crippen molar-refractivity contribution in [1.29, 1.82) is 0 Å². The Hall–Kier alpha value is -1.10. The first kappa shape index (κ1) is 12.4. The zero-order valence-electron chi connectivity index (χ0n) is 10.0. The first-order chi connectivity index (χ1) is 8.00. The number of aliphatic carboxylic acids is 1. The molecule has 0 aromatic rings. The van der Waals surface area contributed by atoms with Crippen molar-refractivity contribution in [1.82, 2.24) is 4.90 Å². The lowest BCUT2D eigenvalue weighted by molar-refractivity contribution is -0.145. The van der Waals surface area contributed by atoms with E-state index in [1.807, 2.05) is 0 Å². The Bertz CT molecular complexity index is 320. The predicted molar refractivity (Wildman–Crippen MR) is 62.4 cm³/mol. The van der Waals surface area contributed by atoms with Crippen LogP contribution in [0, 0.1) is 0 Å². The third kappa shape index (κ3) is 3.19. The average molecular weight is 240 g/mol. The molecule has 2 fully saturated rings. The molecule has 0 spiro atoms. The van der Waals surface area contributed by atoms with Crippen LogP contribution in [0.1, 0.15) is 44.9 Å². The van der Waals surface area contributed by atoms with Crippen LogP contribution < -0.4 is 5.73 Å². The van der Waals surface area contributed by atoms with Crippen molar-refractivity contribution in [2.24, 2.45) is 5.73 Å². The van der Waals surface area contributed by atoms with E-state index in [-0.39, 0.29) is 24.0 Å². The van der Waals surface area contributed by atoms with E-state index in [0.29, 0.717) is 6.42 Å². The Morgan fingerprint density at radius 3 is 2.35 bits per heavy atom. The fraction of sp³-hybridized carbons (Fsp3) is 0.833. The molecule has 2 saturated carbocycles. The topological polar surface area (TPSA) is 83.6 Å². The van der Waals surface area contributed by atoms with E-state index in [0.717, 1.165) is 38.5 Å². The summed E-state index contributed by atoms with van der Waals surface area (Å²) in [4.78, 5) is 24.3. The Balaban J connectivity index is 1.93. The Labute approximate surface area is 101 Å². The monoisotopic (exact) mass is 240 g/mol. The highest BCUT2D eigenvalue weighted by atomic mass is 16.4. The van der Waals surface area contributed by atoms with E-state index < -0.39 is 5.97 Å². The highest BCUT2D eigenvalue weighted by molar-refractivity contribution is 5.82. The molecule has 0 bridgehead atoms. The molecule has 3 N–H and O–H groups in total. The molecule has 0 atom stereocenters. The highest BCUT2D eigenvalue weighted by Crippen LogP contribution is 2.33. The summed E-state index contributed by atoms with van der Waals surface area (Å²) in [5, 5.41) is 8.81. The van der Waals surface area contributed by atoms with Gasteiger partial charge in [0.15, 0.2) is 0 Å². The maximum atomic E-state index is 12.1. The van der Waals surface area contributed by atoms with Gasteiger partial charge in [-0.15, -0.1) is 0 Å². The molecule has 2 aliphatic rings. The van der Waals surface area contributed by atoms with Crippen LogP contribution in [0.3, 0.4) is 0 Å². The van der Waals surface area contributed by atoms with E-state index in [4.69, 9.17) is 10.8 Å². The van der Waals surface area contributed by atoms with Gasteiger partial charge in [0.2, 0.25) is 5.91 Å². The highest BCUT2D eigenvalue weighted by Gasteiger charge is 2.38. The van der Waals surface area contributed by atoms with Crippen molar-refractivity contribution in [3.8, 4) is 0 Å². The molecule has 0 heterocycles. The van der Waals surface area contributed by atoms with Crippen molar-refractivity contribution in [3.05, 3.63) is 0 Å². The van der Waals surface area contributed by atoms with Crippen molar-refractivity contribution in [3.63, 3.8) is 0 Å². The number of amides is 1. The third-order valence-corrected chi connectivity index (χ3v) is 3.72. The van der Waals surface area contributed by atoms with Crippen molar-refractivity contribution >= 4 is 11.9 Å². The van der Waals surface area contributed by atoms with Gasteiger partial charge in [-0.3, -0.25) is 9.59 Å². The van der Waals surface area contributed by atoms with Gasteiger partial charge in [0.25, 0.3) is 0 Å². The molecule has 0 unspecified atom stereocenters. The van der Waals surface area contributed by atoms with Crippen LogP contribution in [0.25, 0.3) is 0 Å². The molecule has 0 aliphatic heterocycles. The zero-order valence-corrected chi connectivity index (χ0v) is 10.0. The lowest BCUT2D eigenvalue weighted by Gasteiger charge is -2.27. The molecule has 0 radical (unpaired) electrons. The summed E-state index contributed by atoms with van der Waals surface area (Å²) in [6.07, 6.45) is 6.07. The molecule has 0 aromatic carbocycles. The predicted octanol–water partition coefficient (Wildman–Crippen LogP) is 0.724. The largest absolute Gasteiger partial charge is 0.480 e. The van der Waals surface area contributed by atoms with E-state index >= 15 is 0 Å². The summed E-state index contributed by atoms with van der Waals surface area (Å²) < 4.78 is 0. The summed E-state index contributed by atoms with van der Waals surface area (Å²) in [5.74, 6) is -1.03. The maximum absolute atomic E-state index is 12.1. The van der Waals surface area contributed by atoms with E-state index in [1.165, 1.54) is 4.90 Å². The second kappa shape index (κ2) is 4.64. The van der Waals surface area contributed by atoms with Gasteiger partial charge in [-0.1, -0.05) is 12.8 Å². The normalized spacial score (nSPS) is 22.4. The minimum atomic E-state index is -0.942. The lowest BCUT2D eigenvalue weighted by atomic mass is 9.94. The molecule has 2 rings (SSSR count). The smallest absolute Gasteiger partial charge is 0.323 e. The summed E-state index contributed by atoms with van der Waals surface area (Å²) in [6, 6.07) is 0.142. The molecule has 5 heteroatoms. The van der Waals surface area contributed by atoms with Gasteiger partial charge in [0, 0.05) is 18.0 Å². The number of rotatable bonds is 5. The number of carboxylic acids is 1. The van der Waals surface area contributed by atoms with Gasteiger partial charge < -0.3 is 15.7 Å². The first-order valence-electron chi connectivity index (χ1n) is 6.30. The van der Waals surface area contributed by atoms with Crippen LogP contribution in [0.4, 0.5) is 0 Å². The molecule has 1 amide bonds. The van der Waals surface area contributed by atoms with E-state index in [2.05, 4.69) is 0 Å². The minimum Gasteiger partial charge on any atom is -0.480 e. The summed E-state index contributed by atoms with van der Waals surface area (Å²) >= 11 is 0. The molecular weight excluding hydrogens is 220 g/mol. The van der Waals surface area contributed by atoms with Crippen LogP contribution in [-0.2, 0) is 9.59 Å². The summed E-state index contributed by atoms with van der Waals surface area (Å²) in [6.45, 7) is -0.181. The van der Waals surface area contributed by atoms with Crippen LogP contribution in [0.2, 0.25) is 0 Å². The van der Waals surface area contributed by atoms with Gasteiger partial charge in [-0.2, -0.15) is 0 Å². The molecule has 2 aliphatic carbocycles. The standard InChI is InChI=1S/C12H20N2O3/c13-12(5-1-2-6-12)7-10(15)14(8-11(16)17)9-3-4-9/h9H,1-8,13H2,(H,16,17). The molecule has 17 heavy (non-hydrogen) atoms. The Kier molecular flexibility index (Phi) is 3.38. The minimum absolute atomic E-state index is 0.0840. The zero-order chi connectivity index (χ0) is 12.5. The van der Waals surface area contributed by atoms with Crippen molar-refractivity contribution in [2.45, 2.75) is 56.5 Å². The first-order valence-corrected chi connectivity index (χ1v) is 6.30. The molecule has 96 valence electrons. The Morgan fingerprint density at radius 1 is 1.29 bits per heavy atom. The maximum Gasteiger partial charge on any atom is 0.323 e. The van der Waals surface area contributed by atoms with E-state index in [9.17, 15) is 9.59 Å². The van der Waals surface area contributed by atoms with Crippen molar-refractivity contribution in [2.75, 3.05) is 6.54 Å². The number of hydrogen-bond donors (Lipinski definition) is 2. The van der Waals surface area contributed by atoms with Gasteiger partial charge in [0.05, 0.1) is 0 Å². The summed E-state index contributed by atoms with van der Waals surface area (Å²) in [7, 11) is 0. The number of carbonyl (C=O) groups is 2. The SMILES string of the molecule is NC1(CC(=O)N(CC(=O)O)C2CC2)CCCC1. The number of nitrogens with zero attached hydrogens (tertiary/aromatic N) is 1.